The van der Waals surface area contributed by atoms with Gasteiger partial charge in [0.25, 0.3) is 0 Å². The highest BCUT2D eigenvalue weighted by molar-refractivity contribution is 5.69. The molecule has 0 fully saturated rings. The first-order valence-corrected chi connectivity index (χ1v) is 9.97. The summed E-state index contributed by atoms with van der Waals surface area (Å²) < 4.78 is 2.26. The van der Waals surface area contributed by atoms with Crippen LogP contribution in [0, 0.1) is 0 Å². The van der Waals surface area contributed by atoms with Gasteiger partial charge in [-0.25, -0.2) is 4.98 Å². The van der Waals surface area contributed by atoms with Gasteiger partial charge in [0.1, 0.15) is 5.82 Å². The summed E-state index contributed by atoms with van der Waals surface area (Å²) in [6.45, 7) is 9.06. The molecular weight excluding hydrogens is 342 g/mol. The van der Waals surface area contributed by atoms with Crippen LogP contribution in [-0.4, -0.2) is 14.5 Å². The lowest BCUT2D eigenvalue weighted by Gasteiger charge is -2.23. The highest BCUT2D eigenvalue weighted by atomic mass is 15.1. The third-order valence-electron chi connectivity index (χ3n) is 5.24. The first-order valence-electron chi connectivity index (χ1n) is 9.97. The number of aromatic nitrogens is 3. The van der Waals surface area contributed by atoms with Gasteiger partial charge >= 0.3 is 0 Å². The van der Waals surface area contributed by atoms with Crippen LogP contribution in [0.3, 0.4) is 0 Å². The van der Waals surface area contributed by atoms with Crippen LogP contribution in [0.4, 0.5) is 0 Å². The average molecular weight is 370 g/mol. The van der Waals surface area contributed by atoms with Crippen LogP contribution in [0.25, 0.3) is 28.3 Å². The Morgan fingerprint density at radius 3 is 2.07 bits per heavy atom. The maximum atomic E-state index is 4.69. The molecule has 0 spiro atoms. The lowest BCUT2D eigenvalue weighted by molar-refractivity contribution is 0.807. The Hall–Kier alpha value is -3.07. The molecule has 3 heteroatoms. The van der Waals surface area contributed by atoms with Gasteiger partial charge in [-0.1, -0.05) is 58.0 Å². The normalized spacial score (nSPS) is 11.5. The van der Waals surface area contributed by atoms with Crippen LogP contribution in [0.15, 0.2) is 73.2 Å². The third kappa shape index (κ3) is 3.29. The standard InChI is InChI=1S/C25H27N3/c1-17(2)21-15-20(23-11-8-12-26-23)16-22(18(3)4)24(21)28-14-13-27-25(28)19-9-6-5-7-10-19/h5-18,26H,1-4H3. The fourth-order valence-electron chi connectivity index (χ4n) is 3.79. The molecular formula is C25H27N3. The molecule has 0 aliphatic rings. The van der Waals surface area contributed by atoms with E-state index in [4.69, 9.17) is 4.98 Å². The van der Waals surface area contributed by atoms with Crippen molar-refractivity contribution in [2.24, 2.45) is 0 Å². The number of hydrogen-bond donors (Lipinski definition) is 1. The Kier molecular flexibility index (Phi) is 4.91. The number of imidazole rings is 1. The largest absolute Gasteiger partial charge is 0.361 e. The summed E-state index contributed by atoms with van der Waals surface area (Å²) in [5.41, 5.74) is 7.46. The maximum Gasteiger partial charge on any atom is 0.144 e. The van der Waals surface area contributed by atoms with E-state index >= 15 is 0 Å². The second-order valence-corrected chi connectivity index (χ2v) is 7.88. The molecule has 2 aromatic heterocycles. The zero-order valence-electron chi connectivity index (χ0n) is 17.0. The minimum absolute atomic E-state index is 0.397. The Labute approximate surface area is 167 Å². The Balaban J connectivity index is 1.99. The quantitative estimate of drug-likeness (QED) is 0.413. The molecule has 0 unspecified atom stereocenters. The number of nitrogens with zero attached hydrogens (tertiary/aromatic N) is 2. The number of rotatable bonds is 5. The minimum Gasteiger partial charge on any atom is -0.361 e. The monoisotopic (exact) mass is 369 g/mol. The van der Waals surface area contributed by atoms with E-state index in [0.29, 0.717) is 11.8 Å². The predicted octanol–water partition coefficient (Wildman–Crippen LogP) is 6.78. The van der Waals surface area contributed by atoms with Crippen molar-refractivity contribution >= 4 is 0 Å². The van der Waals surface area contributed by atoms with Gasteiger partial charge in [-0.2, -0.15) is 0 Å². The van der Waals surface area contributed by atoms with Crippen LogP contribution < -0.4 is 0 Å². The molecule has 0 amide bonds. The van der Waals surface area contributed by atoms with Gasteiger partial charge in [0.2, 0.25) is 0 Å². The number of aromatic amines is 1. The van der Waals surface area contributed by atoms with Crippen molar-refractivity contribution in [2.75, 3.05) is 0 Å². The van der Waals surface area contributed by atoms with Crippen LogP contribution in [0.1, 0.15) is 50.7 Å². The summed E-state index contributed by atoms with van der Waals surface area (Å²) in [4.78, 5) is 8.05. The van der Waals surface area contributed by atoms with Crippen LogP contribution in [0.5, 0.6) is 0 Å². The number of benzene rings is 2. The van der Waals surface area contributed by atoms with Crippen molar-refractivity contribution in [3.8, 4) is 28.3 Å². The average Bonchev–Trinajstić information content (AvgIpc) is 3.39. The van der Waals surface area contributed by atoms with E-state index < -0.39 is 0 Å². The Morgan fingerprint density at radius 1 is 0.821 bits per heavy atom. The molecule has 0 bridgehead atoms. The van der Waals surface area contributed by atoms with Gasteiger partial charge in [0.05, 0.1) is 5.69 Å². The summed E-state index contributed by atoms with van der Waals surface area (Å²) >= 11 is 0. The topological polar surface area (TPSA) is 33.6 Å². The molecule has 3 nitrogen and oxygen atoms in total. The van der Waals surface area contributed by atoms with Gasteiger partial charge in [-0.05, 0) is 52.8 Å². The summed E-state index contributed by atoms with van der Waals surface area (Å²) in [6, 6.07) is 19.3. The minimum atomic E-state index is 0.397. The second-order valence-electron chi connectivity index (χ2n) is 7.88. The van der Waals surface area contributed by atoms with Crippen molar-refractivity contribution in [3.63, 3.8) is 0 Å². The smallest absolute Gasteiger partial charge is 0.144 e. The van der Waals surface area contributed by atoms with E-state index in [1.165, 1.54) is 22.4 Å². The molecule has 4 aromatic rings. The molecule has 0 aliphatic heterocycles. The summed E-state index contributed by atoms with van der Waals surface area (Å²) in [5, 5.41) is 0. The highest BCUT2D eigenvalue weighted by Gasteiger charge is 2.20. The first kappa shape index (κ1) is 18.3. The molecule has 0 saturated heterocycles. The maximum absolute atomic E-state index is 4.69. The van der Waals surface area contributed by atoms with Gasteiger partial charge in [-0.3, -0.25) is 4.57 Å². The molecule has 0 saturated carbocycles. The predicted molar refractivity (Wildman–Crippen MR) is 117 cm³/mol. The lowest BCUT2D eigenvalue weighted by atomic mass is 9.89. The fraction of sp³-hybridized carbons (Fsp3) is 0.240. The van der Waals surface area contributed by atoms with Gasteiger partial charge in [0.15, 0.2) is 0 Å². The number of hydrogen-bond acceptors (Lipinski definition) is 1. The van der Waals surface area contributed by atoms with Crippen molar-refractivity contribution in [3.05, 3.63) is 84.3 Å². The lowest BCUT2D eigenvalue weighted by Crippen LogP contribution is -2.08. The molecule has 28 heavy (non-hydrogen) atoms. The van der Waals surface area contributed by atoms with E-state index in [2.05, 4.69) is 92.0 Å². The van der Waals surface area contributed by atoms with Crippen molar-refractivity contribution in [1.82, 2.24) is 14.5 Å². The summed E-state index contributed by atoms with van der Waals surface area (Å²) in [7, 11) is 0. The van der Waals surface area contributed by atoms with Gasteiger partial charge < -0.3 is 4.98 Å². The zero-order valence-corrected chi connectivity index (χ0v) is 17.0. The van der Waals surface area contributed by atoms with Crippen molar-refractivity contribution in [2.45, 2.75) is 39.5 Å². The highest BCUT2D eigenvalue weighted by Crippen LogP contribution is 2.37. The molecule has 4 rings (SSSR count). The fourth-order valence-corrected chi connectivity index (χ4v) is 3.79. The zero-order chi connectivity index (χ0) is 19.7. The van der Waals surface area contributed by atoms with Crippen LogP contribution in [0.2, 0.25) is 0 Å². The van der Waals surface area contributed by atoms with Gasteiger partial charge in [0, 0.05) is 29.8 Å². The molecule has 0 aliphatic carbocycles. The second kappa shape index (κ2) is 7.51. The van der Waals surface area contributed by atoms with E-state index in [-0.39, 0.29) is 0 Å². The van der Waals surface area contributed by atoms with Crippen molar-refractivity contribution < 1.29 is 0 Å². The number of H-pyrrole nitrogens is 1. The Morgan fingerprint density at radius 2 is 1.50 bits per heavy atom. The summed E-state index contributed by atoms with van der Waals surface area (Å²) in [5.74, 6) is 1.78. The van der Waals surface area contributed by atoms with Crippen molar-refractivity contribution in [1.29, 1.82) is 0 Å². The third-order valence-corrected chi connectivity index (χ3v) is 5.24. The molecule has 0 radical (unpaired) electrons. The van der Waals surface area contributed by atoms with Crippen LogP contribution in [-0.2, 0) is 0 Å². The summed E-state index contributed by atoms with van der Waals surface area (Å²) in [6.07, 6.45) is 5.97. The molecule has 2 aromatic carbocycles. The molecule has 2 heterocycles. The SMILES string of the molecule is CC(C)c1cc(-c2ccc[nH]2)cc(C(C)C)c1-n1ccnc1-c1ccccc1. The first-order chi connectivity index (χ1) is 13.6. The molecule has 0 atom stereocenters. The van der Waals surface area contributed by atoms with E-state index in [9.17, 15) is 0 Å². The van der Waals surface area contributed by atoms with Crippen LogP contribution >= 0.6 is 0 Å². The van der Waals surface area contributed by atoms with Gasteiger partial charge in [-0.15, -0.1) is 0 Å². The van der Waals surface area contributed by atoms with E-state index in [1.807, 2.05) is 18.5 Å². The number of nitrogens with one attached hydrogen (secondary N) is 1. The Bertz CT molecular complexity index is 1030. The molecule has 1 N–H and O–H groups in total. The van der Waals surface area contributed by atoms with E-state index in [1.54, 1.807) is 0 Å². The van der Waals surface area contributed by atoms with E-state index in [0.717, 1.165) is 17.1 Å². The molecule has 142 valence electrons.